The molecule has 0 aromatic heterocycles. The fourth-order valence-electron chi connectivity index (χ4n) is 3.36. The number of nitrogens with zero attached hydrogens (tertiary/aromatic N) is 2. The fraction of sp³-hybridized carbons (Fsp3) is 0.368. The first-order valence-corrected chi connectivity index (χ1v) is 7.80. The lowest BCUT2D eigenvalue weighted by Crippen LogP contribution is -2.59. The van der Waals surface area contributed by atoms with Gasteiger partial charge in [-0.2, -0.15) is 10.5 Å². The highest BCUT2D eigenvalue weighted by Crippen LogP contribution is 2.46. The molecule has 2 rings (SSSR count). The normalized spacial score (nSPS) is 26.0. The SMILES string of the molecule is CC(C)=CCCC1(c2ccccc2)C(C#N)C(=O)NC(=O)C1C#N. The molecule has 2 atom stereocenters. The van der Waals surface area contributed by atoms with Gasteiger partial charge in [-0.25, -0.2) is 0 Å². The van der Waals surface area contributed by atoms with Crippen LogP contribution in [0.25, 0.3) is 0 Å². The number of rotatable bonds is 4. The first kappa shape index (κ1) is 17.4. The van der Waals surface area contributed by atoms with Crippen LogP contribution in [0.2, 0.25) is 0 Å². The summed E-state index contributed by atoms with van der Waals surface area (Å²) in [6.45, 7) is 3.91. The minimum absolute atomic E-state index is 0.373. The summed E-state index contributed by atoms with van der Waals surface area (Å²) in [6.07, 6.45) is 2.94. The maximum atomic E-state index is 12.3. The number of nitrogens with one attached hydrogen (secondary N) is 1. The topological polar surface area (TPSA) is 93.8 Å². The van der Waals surface area contributed by atoms with Gasteiger partial charge in [-0.05, 0) is 32.3 Å². The first-order valence-electron chi connectivity index (χ1n) is 7.80. The molecule has 24 heavy (non-hydrogen) atoms. The van der Waals surface area contributed by atoms with E-state index >= 15 is 0 Å². The van der Waals surface area contributed by atoms with Crippen molar-refractivity contribution in [3.05, 3.63) is 47.5 Å². The lowest BCUT2D eigenvalue weighted by Gasteiger charge is -2.43. The van der Waals surface area contributed by atoms with Crippen molar-refractivity contribution in [2.75, 3.05) is 0 Å². The summed E-state index contributed by atoms with van der Waals surface area (Å²) in [5.74, 6) is -3.44. The van der Waals surface area contributed by atoms with Crippen LogP contribution in [0.5, 0.6) is 0 Å². The van der Waals surface area contributed by atoms with E-state index in [-0.39, 0.29) is 0 Å². The van der Waals surface area contributed by atoms with Crippen molar-refractivity contribution >= 4 is 11.8 Å². The van der Waals surface area contributed by atoms with E-state index in [0.717, 1.165) is 5.57 Å². The summed E-state index contributed by atoms with van der Waals surface area (Å²) in [6, 6.07) is 13.0. The van der Waals surface area contributed by atoms with E-state index in [9.17, 15) is 20.1 Å². The van der Waals surface area contributed by atoms with Gasteiger partial charge in [0.1, 0.15) is 11.8 Å². The number of nitriles is 2. The minimum Gasteiger partial charge on any atom is -0.294 e. The second-order valence-corrected chi connectivity index (χ2v) is 6.20. The summed E-state index contributed by atoms with van der Waals surface area (Å²) >= 11 is 0. The van der Waals surface area contributed by atoms with E-state index in [4.69, 9.17) is 0 Å². The Balaban J connectivity index is 2.66. The highest BCUT2D eigenvalue weighted by atomic mass is 16.2. The van der Waals surface area contributed by atoms with Crippen LogP contribution >= 0.6 is 0 Å². The summed E-state index contributed by atoms with van der Waals surface area (Å²) in [4.78, 5) is 24.6. The molecule has 122 valence electrons. The van der Waals surface area contributed by atoms with Gasteiger partial charge < -0.3 is 0 Å². The summed E-state index contributed by atoms with van der Waals surface area (Å²) < 4.78 is 0. The molecule has 1 N–H and O–H groups in total. The summed E-state index contributed by atoms with van der Waals surface area (Å²) in [5.41, 5.74) is 0.635. The molecule has 0 spiro atoms. The zero-order valence-electron chi connectivity index (χ0n) is 13.7. The Labute approximate surface area is 141 Å². The van der Waals surface area contributed by atoms with Crippen LogP contribution in [0.15, 0.2) is 42.0 Å². The molecule has 0 aliphatic carbocycles. The second kappa shape index (κ2) is 7.10. The van der Waals surface area contributed by atoms with Gasteiger partial charge in [0.15, 0.2) is 0 Å². The van der Waals surface area contributed by atoms with Crippen molar-refractivity contribution in [3.63, 3.8) is 0 Å². The molecule has 1 aromatic rings. The molecule has 0 saturated carbocycles. The van der Waals surface area contributed by atoms with Crippen LogP contribution in [0.1, 0.15) is 32.3 Å². The highest BCUT2D eigenvalue weighted by molar-refractivity contribution is 6.04. The second-order valence-electron chi connectivity index (χ2n) is 6.20. The van der Waals surface area contributed by atoms with E-state index in [1.54, 1.807) is 24.3 Å². The highest BCUT2D eigenvalue weighted by Gasteiger charge is 2.56. The molecular formula is C19H19N3O2. The molecule has 0 bridgehead atoms. The van der Waals surface area contributed by atoms with Crippen LogP contribution in [-0.2, 0) is 15.0 Å². The number of hydrogen-bond acceptors (Lipinski definition) is 4. The minimum atomic E-state index is -1.14. The Kier molecular flexibility index (Phi) is 5.16. The van der Waals surface area contributed by atoms with Crippen LogP contribution in [0.3, 0.4) is 0 Å². The zero-order valence-corrected chi connectivity index (χ0v) is 13.7. The molecule has 1 heterocycles. The van der Waals surface area contributed by atoms with Gasteiger partial charge in [0.25, 0.3) is 0 Å². The Bertz CT molecular complexity index is 717. The third-order valence-electron chi connectivity index (χ3n) is 4.48. The monoisotopic (exact) mass is 321 g/mol. The van der Waals surface area contributed by atoms with Gasteiger partial charge in [0.2, 0.25) is 11.8 Å². The lowest BCUT2D eigenvalue weighted by molar-refractivity contribution is -0.141. The summed E-state index contributed by atoms with van der Waals surface area (Å²) in [7, 11) is 0. The molecule has 1 aromatic carbocycles. The molecule has 2 amide bonds. The molecule has 2 unspecified atom stereocenters. The van der Waals surface area contributed by atoms with Gasteiger partial charge in [0, 0.05) is 5.41 Å². The fourth-order valence-corrected chi connectivity index (χ4v) is 3.36. The average molecular weight is 321 g/mol. The Morgan fingerprint density at radius 2 is 1.67 bits per heavy atom. The number of allylic oxidation sites excluding steroid dienone is 2. The van der Waals surface area contributed by atoms with Crippen molar-refractivity contribution in [1.82, 2.24) is 5.32 Å². The van der Waals surface area contributed by atoms with Crippen molar-refractivity contribution in [2.45, 2.75) is 32.1 Å². The Hall–Kier alpha value is -2.92. The van der Waals surface area contributed by atoms with Gasteiger partial charge in [-0.1, -0.05) is 42.0 Å². The van der Waals surface area contributed by atoms with Crippen molar-refractivity contribution < 1.29 is 9.59 Å². The quantitative estimate of drug-likeness (QED) is 0.681. The standard InChI is InChI=1S/C19H19N3O2/c1-13(2)7-6-10-19(14-8-4-3-5-9-14)15(11-20)17(23)22-18(24)16(19)12-21/h3-5,7-9,15-16H,6,10H2,1-2H3,(H,22,23,24). The predicted molar refractivity (Wildman–Crippen MR) is 88.1 cm³/mol. The number of hydrogen-bond donors (Lipinski definition) is 1. The van der Waals surface area contributed by atoms with Gasteiger partial charge in [-0.15, -0.1) is 0 Å². The molecule has 1 aliphatic heterocycles. The van der Waals surface area contributed by atoms with Gasteiger partial charge >= 0.3 is 0 Å². The third-order valence-corrected chi connectivity index (χ3v) is 4.48. The average Bonchev–Trinajstić information content (AvgIpc) is 2.55. The number of piperidine rings is 1. The van der Waals surface area contributed by atoms with Gasteiger partial charge in [-0.3, -0.25) is 14.9 Å². The Morgan fingerprint density at radius 1 is 1.12 bits per heavy atom. The number of carbonyl (C=O) groups excluding carboxylic acids is 2. The van der Waals surface area contributed by atoms with Crippen molar-refractivity contribution in [1.29, 1.82) is 10.5 Å². The molecule has 5 nitrogen and oxygen atoms in total. The number of carbonyl (C=O) groups is 2. The molecule has 0 radical (unpaired) electrons. The van der Waals surface area contributed by atoms with E-state index in [1.165, 1.54) is 0 Å². The molecule has 1 fully saturated rings. The zero-order chi connectivity index (χ0) is 17.7. The smallest absolute Gasteiger partial charge is 0.244 e. The third kappa shape index (κ3) is 2.94. The summed E-state index contributed by atoms with van der Waals surface area (Å²) in [5, 5.41) is 21.4. The maximum Gasteiger partial charge on any atom is 0.244 e. The maximum absolute atomic E-state index is 12.3. The van der Waals surface area contributed by atoms with Crippen LogP contribution in [-0.4, -0.2) is 11.8 Å². The van der Waals surface area contributed by atoms with E-state index < -0.39 is 29.1 Å². The van der Waals surface area contributed by atoms with Gasteiger partial charge in [0.05, 0.1) is 12.1 Å². The molecule has 5 heteroatoms. The van der Waals surface area contributed by atoms with Crippen LogP contribution < -0.4 is 5.32 Å². The lowest BCUT2D eigenvalue weighted by atomic mass is 9.58. The van der Waals surface area contributed by atoms with Crippen LogP contribution in [0, 0.1) is 34.5 Å². The molecule has 1 aliphatic rings. The van der Waals surface area contributed by atoms with Crippen molar-refractivity contribution in [2.24, 2.45) is 11.8 Å². The number of imide groups is 1. The number of benzene rings is 1. The van der Waals surface area contributed by atoms with E-state index in [1.807, 2.05) is 38.1 Å². The van der Waals surface area contributed by atoms with E-state index in [0.29, 0.717) is 18.4 Å². The molecular weight excluding hydrogens is 302 g/mol. The molecule has 1 saturated heterocycles. The number of amides is 2. The van der Waals surface area contributed by atoms with E-state index in [2.05, 4.69) is 5.32 Å². The predicted octanol–water partition coefficient (Wildman–Crippen LogP) is 2.61. The van der Waals surface area contributed by atoms with Crippen LogP contribution in [0.4, 0.5) is 0 Å². The largest absolute Gasteiger partial charge is 0.294 e. The first-order chi connectivity index (χ1) is 11.5. The Morgan fingerprint density at radius 3 is 2.12 bits per heavy atom. The van der Waals surface area contributed by atoms with Crippen molar-refractivity contribution in [3.8, 4) is 12.1 Å².